The van der Waals surface area contributed by atoms with E-state index in [-0.39, 0.29) is 5.41 Å². The number of carbonyl (C=O) groups is 1. The lowest BCUT2D eigenvalue weighted by Crippen LogP contribution is -2.33. The summed E-state index contributed by atoms with van der Waals surface area (Å²) in [5.41, 5.74) is 1.45. The first kappa shape index (κ1) is 27.8. The van der Waals surface area contributed by atoms with Gasteiger partial charge < -0.3 is 14.5 Å². The molecule has 0 saturated carbocycles. The molecule has 0 spiro atoms. The van der Waals surface area contributed by atoms with Crippen LogP contribution in [-0.4, -0.2) is 28.3 Å². The standard InChI is InChI=1S/C23H38O6P2/c1-11-30(25,26)14-19(24)29-15-31(27,28)20-17(22(5,6)7)12-16(21(2,3)4)13-18(20)23(8,9)10/h11-13H,1,14-15H2,2-10H3,(H,25,26)(H,27,28). The molecule has 1 rings (SSSR count). The smallest absolute Gasteiger partial charge is 0.316 e. The molecule has 2 unspecified atom stereocenters. The van der Waals surface area contributed by atoms with Gasteiger partial charge in [0.25, 0.3) is 7.37 Å². The van der Waals surface area contributed by atoms with Crippen LogP contribution in [0, 0.1) is 0 Å². The highest BCUT2D eigenvalue weighted by Crippen LogP contribution is 2.48. The summed E-state index contributed by atoms with van der Waals surface area (Å²) in [4.78, 5) is 32.7. The summed E-state index contributed by atoms with van der Waals surface area (Å²) in [6.45, 7) is 21.3. The van der Waals surface area contributed by atoms with Crippen LogP contribution in [0.5, 0.6) is 0 Å². The second-order valence-electron chi connectivity index (χ2n) is 11.1. The molecule has 0 aliphatic rings. The van der Waals surface area contributed by atoms with Gasteiger partial charge in [-0.15, -0.1) is 0 Å². The zero-order chi connectivity index (χ0) is 24.6. The highest BCUT2D eigenvalue weighted by Gasteiger charge is 2.38. The van der Waals surface area contributed by atoms with Crippen LogP contribution in [0.3, 0.4) is 0 Å². The molecule has 0 aliphatic carbocycles. The molecule has 8 heteroatoms. The lowest BCUT2D eigenvalue weighted by molar-refractivity contribution is -0.138. The van der Waals surface area contributed by atoms with E-state index in [0.717, 1.165) is 22.5 Å². The van der Waals surface area contributed by atoms with Gasteiger partial charge in [0.1, 0.15) is 6.16 Å². The zero-order valence-corrected chi connectivity index (χ0v) is 22.1. The second kappa shape index (κ2) is 8.98. The van der Waals surface area contributed by atoms with Crippen LogP contribution in [-0.2, 0) is 34.9 Å². The Hall–Kier alpha value is -1.19. The number of hydrogen-bond donors (Lipinski definition) is 2. The third kappa shape index (κ3) is 7.43. The second-order valence-corrected chi connectivity index (χ2v) is 15.4. The molecule has 1 aromatic rings. The van der Waals surface area contributed by atoms with Crippen LogP contribution in [0.15, 0.2) is 24.5 Å². The highest BCUT2D eigenvalue weighted by atomic mass is 31.2. The van der Waals surface area contributed by atoms with Crippen molar-refractivity contribution in [1.82, 2.24) is 0 Å². The van der Waals surface area contributed by atoms with E-state index in [0.29, 0.717) is 5.30 Å². The van der Waals surface area contributed by atoms with Gasteiger partial charge >= 0.3 is 5.97 Å². The summed E-state index contributed by atoms with van der Waals surface area (Å²) in [7, 11) is -8.02. The van der Waals surface area contributed by atoms with E-state index in [9.17, 15) is 23.7 Å². The van der Waals surface area contributed by atoms with Gasteiger partial charge in [-0.1, -0.05) is 81.0 Å². The molecule has 0 fully saturated rings. The van der Waals surface area contributed by atoms with Crippen LogP contribution in [0.1, 0.15) is 79.0 Å². The monoisotopic (exact) mass is 472 g/mol. The van der Waals surface area contributed by atoms with Crippen LogP contribution in [0.2, 0.25) is 0 Å². The van der Waals surface area contributed by atoms with Crippen molar-refractivity contribution < 1.29 is 28.4 Å². The van der Waals surface area contributed by atoms with E-state index in [1.807, 2.05) is 53.7 Å². The number of ether oxygens (including phenoxy) is 1. The molecule has 31 heavy (non-hydrogen) atoms. The summed E-state index contributed by atoms with van der Waals surface area (Å²) < 4.78 is 30.3. The fraction of sp³-hybridized carbons (Fsp3) is 0.609. The van der Waals surface area contributed by atoms with Crippen molar-refractivity contribution in [1.29, 1.82) is 0 Å². The molecule has 0 bridgehead atoms. The molecule has 0 radical (unpaired) electrons. The van der Waals surface area contributed by atoms with E-state index in [4.69, 9.17) is 4.74 Å². The number of hydrogen-bond acceptors (Lipinski definition) is 4. The Balaban J connectivity index is 3.64. The first-order valence-corrected chi connectivity index (χ1v) is 14.0. The third-order valence-electron chi connectivity index (χ3n) is 4.98. The normalized spacial score (nSPS) is 16.9. The quantitative estimate of drug-likeness (QED) is 0.425. The van der Waals surface area contributed by atoms with Gasteiger partial charge in [0.15, 0.2) is 6.35 Å². The molecule has 2 atom stereocenters. The van der Waals surface area contributed by atoms with Crippen LogP contribution in [0.25, 0.3) is 0 Å². The minimum Gasteiger partial charge on any atom is -0.455 e. The van der Waals surface area contributed by atoms with Crippen molar-refractivity contribution in [3.8, 4) is 0 Å². The van der Waals surface area contributed by atoms with Gasteiger partial charge in [0, 0.05) is 5.30 Å². The average Bonchev–Trinajstić information content (AvgIpc) is 2.56. The van der Waals surface area contributed by atoms with Crippen molar-refractivity contribution in [2.24, 2.45) is 0 Å². The van der Waals surface area contributed by atoms with E-state index < -0.39 is 44.0 Å². The molecule has 2 N–H and O–H groups in total. The summed E-state index contributed by atoms with van der Waals surface area (Å²) >= 11 is 0. The predicted molar refractivity (Wildman–Crippen MR) is 128 cm³/mol. The summed E-state index contributed by atoms with van der Waals surface area (Å²) in [6.07, 6.45) is -1.54. The lowest BCUT2D eigenvalue weighted by Gasteiger charge is -2.34. The largest absolute Gasteiger partial charge is 0.455 e. The Labute approximate surface area is 187 Å². The van der Waals surface area contributed by atoms with Gasteiger partial charge in [-0.25, -0.2) is 0 Å². The molecule has 1 aromatic carbocycles. The fourth-order valence-corrected chi connectivity index (χ4v) is 5.70. The van der Waals surface area contributed by atoms with E-state index in [1.54, 1.807) is 0 Å². The molecule has 0 aromatic heterocycles. The minimum atomic E-state index is -4.15. The van der Waals surface area contributed by atoms with Gasteiger partial charge in [0.2, 0.25) is 7.37 Å². The molecule has 0 heterocycles. The molecule has 0 aliphatic heterocycles. The minimum absolute atomic E-state index is 0.169. The molecule has 176 valence electrons. The summed E-state index contributed by atoms with van der Waals surface area (Å²) in [5.74, 6) is -0.214. The summed E-state index contributed by atoms with van der Waals surface area (Å²) in [5, 5.41) is 0.296. The number of benzene rings is 1. The predicted octanol–water partition coefficient (Wildman–Crippen LogP) is 5.39. The lowest BCUT2D eigenvalue weighted by atomic mass is 9.75. The molecular weight excluding hydrogens is 434 g/mol. The number of carbonyl (C=O) groups excluding carboxylic acids is 1. The Morgan fingerprint density at radius 1 is 0.935 bits per heavy atom. The molecular formula is C23H38O6P2. The van der Waals surface area contributed by atoms with Crippen LogP contribution < -0.4 is 5.30 Å². The third-order valence-corrected chi connectivity index (χ3v) is 7.92. The topological polar surface area (TPSA) is 101 Å². The fourth-order valence-electron chi connectivity index (χ4n) is 3.11. The zero-order valence-electron chi connectivity index (χ0n) is 20.3. The first-order valence-electron chi connectivity index (χ1n) is 10.2. The maximum atomic E-state index is 13.6. The summed E-state index contributed by atoms with van der Waals surface area (Å²) in [6, 6.07) is 3.93. The van der Waals surface area contributed by atoms with Crippen molar-refractivity contribution in [3.63, 3.8) is 0 Å². The number of rotatable bonds is 6. The average molecular weight is 472 g/mol. The number of esters is 1. The highest BCUT2D eigenvalue weighted by molar-refractivity contribution is 7.66. The van der Waals surface area contributed by atoms with Crippen LogP contribution >= 0.6 is 14.7 Å². The van der Waals surface area contributed by atoms with Gasteiger partial charge in [0.05, 0.1) is 0 Å². The Morgan fingerprint density at radius 3 is 1.68 bits per heavy atom. The Bertz CT molecular complexity index is 907. The van der Waals surface area contributed by atoms with E-state index in [1.165, 1.54) is 0 Å². The maximum Gasteiger partial charge on any atom is 0.316 e. The van der Waals surface area contributed by atoms with Crippen molar-refractivity contribution >= 4 is 26.0 Å². The SMILES string of the molecule is C=CP(=O)(O)CC(=O)OCP(=O)(O)c1c(C(C)(C)C)cc(C(C)(C)C)cc1C(C)(C)C. The maximum absolute atomic E-state index is 13.6. The molecule has 6 nitrogen and oxygen atoms in total. The van der Waals surface area contributed by atoms with Gasteiger partial charge in [-0.05, 0) is 38.8 Å². The van der Waals surface area contributed by atoms with Crippen molar-refractivity contribution in [3.05, 3.63) is 41.2 Å². The van der Waals surface area contributed by atoms with Gasteiger partial charge in [-0.2, -0.15) is 0 Å². The Morgan fingerprint density at radius 2 is 1.35 bits per heavy atom. The van der Waals surface area contributed by atoms with Crippen molar-refractivity contribution in [2.75, 3.05) is 12.5 Å². The Kier molecular flexibility index (Phi) is 8.07. The van der Waals surface area contributed by atoms with Crippen molar-refractivity contribution in [2.45, 2.75) is 78.6 Å². The van der Waals surface area contributed by atoms with Gasteiger partial charge in [-0.3, -0.25) is 13.9 Å². The molecule has 0 amide bonds. The first-order chi connectivity index (χ1) is 13.6. The molecule has 0 saturated heterocycles. The van der Waals surface area contributed by atoms with E-state index in [2.05, 4.69) is 27.4 Å². The van der Waals surface area contributed by atoms with Crippen LogP contribution in [0.4, 0.5) is 0 Å². The van der Waals surface area contributed by atoms with E-state index >= 15 is 0 Å².